The number of benzene rings is 2. The molecule has 6 rings (SSSR count). The summed E-state index contributed by atoms with van der Waals surface area (Å²) in [5.74, 6) is -0.493. The van der Waals surface area contributed by atoms with Gasteiger partial charge in [0.2, 0.25) is 5.91 Å². The molecule has 1 aliphatic heterocycles. The highest BCUT2D eigenvalue weighted by Gasteiger charge is 2.35. The molecule has 0 radical (unpaired) electrons. The number of carbonyl (C=O) groups is 2. The summed E-state index contributed by atoms with van der Waals surface area (Å²) in [6, 6.07) is 19.3. The van der Waals surface area contributed by atoms with E-state index in [0.717, 1.165) is 40.6 Å². The second kappa shape index (κ2) is 9.36. The van der Waals surface area contributed by atoms with Gasteiger partial charge in [0, 0.05) is 49.0 Å². The number of carbonyl (C=O) groups excluding carboxylic acids is 2. The third kappa shape index (κ3) is 4.01. The first-order chi connectivity index (χ1) is 17.6. The molecule has 1 unspecified atom stereocenters. The molecule has 0 spiro atoms. The van der Waals surface area contributed by atoms with Crippen LogP contribution in [-0.4, -0.2) is 57.8 Å². The van der Waals surface area contributed by atoms with Gasteiger partial charge in [-0.3, -0.25) is 19.6 Å². The molecule has 1 aliphatic carbocycles. The number of hydrogen-bond acceptors (Lipinski definition) is 4. The number of halogens is 1. The van der Waals surface area contributed by atoms with E-state index < -0.39 is 5.92 Å². The van der Waals surface area contributed by atoms with Gasteiger partial charge in [-0.1, -0.05) is 41.9 Å². The van der Waals surface area contributed by atoms with Gasteiger partial charge in [-0.15, -0.1) is 0 Å². The van der Waals surface area contributed by atoms with Crippen LogP contribution in [0.15, 0.2) is 73.1 Å². The summed E-state index contributed by atoms with van der Waals surface area (Å²) in [7, 11) is 0. The van der Waals surface area contributed by atoms with E-state index in [-0.39, 0.29) is 11.8 Å². The third-order valence-electron chi connectivity index (χ3n) is 7.27. The van der Waals surface area contributed by atoms with Crippen molar-refractivity contribution in [1.29, 1.82) is 0 Å². The molecule has 2 amide bonds. The van der Waals surface area contributed by atoms with E-state index in [0.29, 0.717) is 42.3 Å². The zero-order valence-corrected chi connectivity index (χ0v) is 20.5. The molecule has 0 saturated carbocycles. The number of rotatable bonds is 2. The first-order valence-corrected chi connectivity index (χ1v) is 12.6. The highest BCUT2D eigenvalue weighted by atomic mass is 35.5. The number of aryl methyl sites for hydroxylation is 2. The number of fused-ring (bicyclic) bond motifs is 3. The molecule has 1 saturated heterocycles. The summed E-state index contributed by atoms with van der Waals surface area (Å²) >= 11 is 6.30. The van der Waals surface area contributed by atoms with E-state index in [1.165, 1.54) is 0 Å². The topological polar surface area (TPSA) is 66.4 Å². The van der Waals surface area contributed by atoms with Crippen molar-refractivity contribution in [2.24, 2.45) is 0 Å². The van der Waals surface area contributed by atoms with Crippen LogP contribution in [0.1, 0.15) is 38.7 Å². The summed E-state index contributed by atoms with van der Waals surface area (Å²) < 4.78 is 0. The largest absolute Gasteiger partial charge is 0.338 e. The molecular weight excluding hydrogens is 472 g/mol. The molecule has 36 heavy (non-hydrogen) atoms. The van der Waals surface area contributed by atoms with E-state index in [9.17, 15) is 9.59 Å². The van der Waals surface area contributed by atoms with Crippen LogP contribution in [0.3, 0.4) is 0 Å². The van der Waals surface area contributed by atoms with Gasteiger partial charge in [-0.25, -0.2) is 0 Å². The highest BCUT2D eigenvalue weighted by molar-refractivity contribution is 6.30. The minimum atomic E-state index is -0.472. The molecule has 7 heteroatoms. The molecule has 1 fully saturated rings. The van der Waals surface area contributed by atoms with Gasteiger partial charge in [0.15, 0.2) is 0 Å². The van der Waals surface area contributed by atoms with Crippen molar-refractivity contribution < 1.29 is 9.59 Å². The normalized spacial score (nSPS) is 17.3. The predicted molar refractivity (Wildman–Crippen MR) is 139 cm³/mol. The lowest BCUT2D eigenvalue weighted by Gasteiger charge is -2.36. The van der Waals surface area contributed by atoms with E-state index in [2.05, 4.69) is 16.0 Å². The molecule has 1 atom stereocenters. The van der Waals surface area contributed by atoms with Crippen molar-refractivity contribution in [2.75, 3.05) is 26.2 Å². The van der Waals surface area contributed by atoms with Gasteiger partial charge in [0.05, 0.1) is 16.8 Å². The molecule has 4 aromatic rings. The zero-order chi connectivity index (χ0) is 24.6. The van der Waals surface area contributed by atoms with Crippen LogP contribution in [0.25, 0.3) is 10.9 Å². The lowest BCUT2D eigenvalue weighted by Crippen LogP contribution is -2.52. The van der Waals surface area contributed by atoms with Gasteiger partial charge in [0.25, 0.3) is 5.91 Å². The van der Waals surface area contributed by atoms with Crippen molar-refractivity contribution in [3.05, 3.63) is 106 Å². The standard InChI is InChI=1S/C29H25ClN4O2/c30-22-10-11-23-21(18-22)9-8-20-6-3-13-32-27(20)25(23)29(36)34-16-14-33(15-17-34)28(35)24-7-1-4-19-5-2-12-31-26(19)24/h1-7,10-13,18,25H,8-9,14-17H2. The van der Waals surface area contributed by atoms with Crippen molar-refractivity contribution >= 4 is 34.3 Å². The Kier molecular flexibility index (Phi) is 5.89. The third-order valence-corrected chi connectivity index (χ3v) is 7.50. The van der Waals surface area contributed by atoms with Crippen LogP contribution < -0.4 is 0 Å². The quantitative estimate of drug-likeness (QED) is 0.410. The average molecular weight is 497 g/mol. The number of nitrogens with zero attached hydrogens (tertiary/aromatic N) is 4. The van der Waals surface area contributed by atoms with Gasteiger partial charge < -0.3 is 9.80 Å². The number of pyridine rings is 2. The smallest absolute Gasteiger partial charge is 0.256 e. The summed E-state index contributed by atoms with van der Waals surface area (Å²) in [5.41, 5.74) is 5.29. The fourth-order valence-corrected chi connectivity index (χ4v) is 5.62. The van der Waals surface area contributed by atoms with Crippen LogP contribution in [0, 0.1) is 0 Å². The Morgan fingerprint density at radius 1 is 0.806 bits per heavy atom. The lowest BCUT2D eigenvalue weighted by molar-refractivity contribution is -0.133. The predicted octanol–water partition coefficient (Wildman–Crippen LogP) is 4.50. The summed E-state index contributed by atoms with van der Waals surface area (Å²) in [6.07, 6.45) is 5.11. The Balaban J connectivity index is 1.25. The SMILES string of the molecule is O=C(c1cccc2cccnc12)N1CCN(C(=O)C2c3ccc(Cl)cc3CCc3cccnc32)CC1. The Labute approximate surface area is 214 Å². The van der Waals surface area contributed by atoms with Crippen molar-refractivity contribution in [3.63, 3.8) is 0 Å². The van der Waals surface area contributed by atoms with Crippen molar-refractivity contribution in [3.8, 4) is 0 Å². The monoisotopic (exact) mass is 496 g/mol. The van der Waals surface area contributed by atoms with Crippen molar-refractivity contribution in [2.45, 2.75) is 18.8 Å². The minimum Gasteiger partial charge on any atom is -0.338 e. The fraction of sp³-hybridized carbons (Fsp3) is 0.241. The molecule has 3 heterocycles. The van der Waals surface area contributed by atoms with Crippen LogP contribution >= 0.6 is 11.6 Å². The van der Waals surface area contributed by atoms with Gasteiger partial charge in [-0.05, 0) is 59.9 Å². The van der Waals surface area contributed by atoms with Gasteiger partial charge >= 0.3 is 0 Å². The summed E-state index contributed by atoms with van der Waals surface area (Å²) in [4.78, 5) is 40.1. The molecule has 2 aromatic heterocycles. The Morgan fingerprint density at radius 3 is 2.39 bits per heavy atom. The van der Waals surface area contributed by atoms with E-state index in [1.54, 1.807) is 12.4 Å². The van der Waals surface area contributed by atoms with E-state index in [1.807, 2.05) is 64.4 Å². The first kappa shape index (κ1) is 22.7. The van der Waals surface area contributed by atoms with Crippen LogP contribution in [0.2, 0.25) is 5.02 Å². The molecule has 180 valence electrons. The minimum absolute atomic E-state index is 0.0272. The van der Waals surface area contributed by atoms with Crippen LogP contribution in [0.5, 0.6) is 0 Å². The van der Waals surface area contributed by atoms with Crippen LogP contribution in [-0.2, 0) is 17.6 Å². The number of para-hydroxylation sites is 1. The van der Waals surface area contributed by atoms with Gasteiger partial charge in [0.1, 0.15) is 5.92 Å². The molecule has 2 aliphatic rings. The molecule has 0 N–H and O–H groups in total. The number of piperazine rings is 1. The van der Waals surface area contributed by atoms with Crippen molar-refractivity contribution in [1.82, 2.24) is 19.8 Å². The molecule has 0 bridgehead atoms. The Bertz CT molecular complexity index is 1470. The molecule has 6 nitrogen and oxygen atoms in total. The fourth-order valence-electron chi connectivity index (χ4n) is 5.42. The molecule has 2 aromatic carbocycles. The second-order valence-electron chi connectivity index (χ2n) is 9.32. The van der Waals surface area contributed by atoms with Gasteiger partial charge in [-0.2, -0.15) is 0 Å². The van der Waals surface area contributed by atoms with Crippen LogP contribution in [0.4, 0.5) is 0 Å². The maximum absolute atomic E-state index is 14.0. The second-order valence-corrected chi connectivity index (χ2v) is 9.76. The maximum atomic E-state index is 14.0. The number of hydrogen-bond donors (Lipinski definition) is 0. The first-order valence-electron chi connectivity index (χ1n) is 12.2. The Morgan fingerprint density at radius 2 is 1.53 bits per heavy atom. The summed E-state index contributed by atoms with van der Waals surface area (Å²) in [5, 5.41) is 1.62. The maximum Gasteiger partial charge on any atom is 0.256 e. The zero-order valence-electron chi connectivity index (χ0n) is 19.7. The van der Waals surface area contributed by atoms with E-state index >= 15 is 0 Å². The van der Waals surface area contributed by atoms with E-state index in [4.69, 9.17) is 11.6 Å². The number of aromatic nitrogens is 2. The Hall–Kier alpha value is -3.77. The lowest BCUT2D eigenvalue weighted by atomic mass is 9.90. The number of amides is 2. The highest BCUT2D eigenvalue weighted by Crippen LogP contribution is 2.36. The summed E-state index contributed by atoms with van der Waals surface area (Å²) in [6.45, 7) is 1.90. The average Bonchev–Trinajstić information content (AvgIpc) is 3.08. The molecular formula is C29H25ClN4O2.